The van der Waals surface area contributed by atoms with E-state index in [1.807, 2.05) is 0 Å². The molecule has 2 aromatic carbocycles. The number of nitrogens with zero attached hydrogens (tertiary/aromatic N) is 1. The van der Waals surface area contributed by atoms with Gasteiger partial charge in [-0.1, -0.05) is 24.3 Å². The first-order valence-electron chi connectivity index (χ1n) is 8.23. The fourth-order valence-corrected chi connectivity index (χ4v) is 3.26. The van der Waals surface area contributed by atoms with Gasteiger partial charge in [0.2, 0.25) is 5.91 Å². The van der Waals surface area contributed by atoms with Gasteiger partial charge < -0.3 is 11.1 Å². The maximum Gasteiger partial charge on any atom is 0.250 e. The van der Waals surface area contributed by atoms with Gasteiger partial charge in [0, 0.05) is 6.04 Å². The molecule has 25 heavy (non-hydrogen) atoms. The molecule has 0 radical (unpaired) electrons. The molecule has 1 aliphatic rings. The van der Waals surface area contributed by atoms with Crippen LogP contribution in [0.5, 0.6) is 0 Å². The molecule has 2 amide bonds. The van der Waals surface area contributed by atoms with Crippen molar-refractivity contribution >= 4 is 17.5 Å². The smallest absolute Gasteiger partial charge is 0.250 e. The molecule has 0 bridgehead atoms. The Morgan fingerprint density at radius 3 is 2.60 bits per heavy atom. The first kappa shape index (κ1) is 17.1. The molecule has 2 aromatic rings. The van der Waals surface area contributed by atoms with Gasteiger partial charge in [-0.15, -0.1) is 0 Å². The SMILES string of the molecule is NC(=O)c1ccccc1NC(=O)CN1CCC[C@H]1c1ccc(F)cc1. The van der Waals surface area contributed by atoms with Crippen LogP contribution < -0.4 is 11.1 Å². The summed E-state index contributed by atoms with van der Waals surface area (Å²) in [6.45, 7) is 1.00. The van der Waals surface area contributed by atoms with Crippen LogP contribution >= 0.6 is 0 Å². The van der Waals surface area contributed by atoms with Crippen molar-refractivity contribution in [2.75, 3.05) is 18.4 Å². The number of carbonyl (C=O) groups excluding carboxylic acids is 2. The van der Waals surface area contributed by atoms with Crippen molar-refractivity contribution in [1.82, 2.24) is 4.90 Å². The number of likely N-dealkylation sites (tertiary alicyclic amines) is 1. The molecular formula is C19H20FN3O2. The van der Waals surface area contributed by atoms with Crippen molar-refractivity contribution in [3.8, 4) is 0 Å². The van der Waals surface area contributed by atoms with Gasteiger partial charge in [-0.25, -0.2) is 4.39 Å². The fraction of sp³-hybridized carbons (Fsp3) is 0.263. The lowest BCUT2D eigenvalue weighted by Crippen LogP contribution is -2.33. The fourth-order valence-electron chi connectivity index (χ4n) is 3.26. The monoisotopic (exact) mass is 341 g/mol. The Morgan fingerprint density at radius 1 is 1.16 bits per heavy atom. The Labute approximate surface area is 145 Å². The molecule has 6 heteroatoms. The zero-order chi connectivity index (χ0) is 17.8. The van der Waals surface area contributed by atoms with Crippen molar-refractivity contribution < 1.29 is 14.0 Å². The Bertz CT molecular complexity index is 776. The van der Waals surface area contributed by atoms with E-state index in [9.17, 15) is 14.0 Å². The topological polar surface area (TPSA) is 75.4 Å². The molecule has 0 aromatic heterocycles. The van der Waals surface area contributed by atoms with Crippen LogP contribution in [0.25, 0.3) is 0 Å². The number of rotatable bonds is 5. The van der Waals surface area contributed by atoms with Gasteiger partial charge in [0.15, 0.2) is 0 Å². The number of amides is 2. The molecule has 1 fully saturated rings. The Kier molecular flexibility index (Phi) is 5.09. The van der Waals surface area contributed by atoms with Gasteiger partial charge in [0.1, 0.15) is 5.82 Å². The first-order valence-corrected chi connectivity index (χ1v) is 8.23. The highest BCUT2D eigenvalue weighted by Gasteiger charge is 2.27. The minimum absolute atomic E-state index is 0.0951. The molecule has 3 N–H and O–H groups in total. The third kappa shape index (κ3) is 4.03. The number of primary amides is 1. The summed E-state index contributed by atoms with van der Waals surface area (Å²) in [7, 11) is 0. The van der Waals surface area contributed by atoms with E-state index in [0.717, 1.165) is 24.9 Å². The summed E-state index contributed by atoms with van der Waals surface area (Å²) in [4.78, 5) is 25.9. The highest BCUT2D eigenvalue weighted by atomic mass is 19.1. The number of nitrogens with one attached hydrogen (secondary N) is 1. The highest BCUT2D eigenvalue weighted by Crippen LogP contribution is 2.31. The second-order valence-electron chi connectivity index (χ2n) is 6.14. The van der Waals surface area contributed by atoms with Crippen LogP contribution in [-0.2, 0) is 4.79 Å². The number of para-hydroxylation sites is 1. The first-order chi connectivity index (χ1) is 12.0. The minimum Gasteiger partial charge on any atom is -0.366 e. The maximum absolute atomic E-state index is 13.1. The molecule has 5 nitrogen and oxygen atoms in total. The molecule has 0 saturated carbocycles. The molecule has 1 aliphatic heterocycles. The number of halogens is 1. The normalized spacial score (nSPS) is 17.4. The van der Waals surface area contributed by atoms with Crippen molar-refractivity contribution in [1.29, 1.82) is 0 Å². The number of carbonyl (C=O) groups is 2. The van der Waals surface area contributed by atoms with Crippen molar-refractivity contribution in [2.24, 2.45) is 5.73 Å². The number of hydrogen-bond acceptors (Lipinski definition) is 3. The number of hydrogen-bond donors (Lipinski definition) is 2. The zero-order valence-corrected chi connectivity index (χ0v) is 13.7. The van der Waals surface area contributed by atoms with Gasteiger partial charge in [-0.05, 0) is 49.2 Å². The molecule has 0 aliphatic carbocycles. The van der Waals surface area contributed by atoms with Crippen LogP contribution in [0.15, 0.2) is 48.5 Å². The predicted molar refractivity (Wildman–Crippen MR) is 93.5 cm³/mol. The number of anilines is 1. The summed E-state index contributed by atoms with van der Waals surface area (Å²) >= 11 is 0. The van der Waals surface area contributed by atoms with E-state index in [-0.39, 0.29) is 29.9 Å². The summed E-state index contributed by atoms with van der Waals surface area (Å²) in [5, 5.41) is 2.76. The lowest BCUT2D eigenvalue weighted by Gasteiger charge is -2.24. The standard InChI is InChI=1S/C19H20FN3O2/c20-14-9-7-13(8-10-14)17-6-3-11-23(17)12-18(24)22-16-5-2-1-4-15(16)19(21)25/h1-2,4-5,7-10,17H,3,6,11-12H2,(H2,21,25)(H,22,24)/t17-/m0/s1. The number of benzene rings is 2. The molecular weight excluding hydrogens is 321 g/mol. The molecule has 1 heterocycles. The average molecular weight is 341 g/mol. The van der Waals surface area contributed by atoms with Gasteiger partial charge in [-0.2, -0.15) is 0 Å². The molecule has 1 atom stereocenters. The third-order valence-electron chi connectivity index (χ3n) is 4.43. The lowest BCUT2D eigenvalue weighted by atomic mass is 10.0. The van der Waals surface area contributed by atoms with Gasteiger partial charge in [-0.3, -0.25) is 14.5 Å². The van der Waals surface area contributed by atoms with E-state index in [4.69, 9.17) is 5.73 Å². The number of nitrogens with two attached hydrogens (primary N) is 1. The predicted octanol–water partition coefficient (Wildman–Crippen LogP) is 2.70. The van der Waals surface area contributed by atoms with Gasteiger partial charge in [0.05, 0.1) is 17.8 Å². The van der Waals surface area contributed by atoms with Crippen LogP contribution in [0.2, 0.25) is 0 Å². The van der Waals surface area contributed by atoms with E-state index in [2.05, 4.69) is 10.2 Å². The summed E-state index contributed by atoms with van der Waals surface area (Å²) < 4.78 is 13.1. The maximum atomic E-state index is 13.1. The molecule has 130 valence electrons. The van der Waals surface area contributed by atoms with Crippen LogP contribution in [0.1, 0.15) is 34.8 Å². The van der Waals surface area contributed by atoms with Gasteiger partial charge in [0.25, 0.3) is 5.91 Å². The Hall–Kier alpha value is -2.73. The second-order valence-corrected chi connectivity index (χ2v) is 6.14. The average Bonchev–Trinajstić information content (AvgIpc) is 3.03. The zero-order valence-electron chi connectivity index (χ0n) is 13.7. The van der Waals surface area contributed by atoms with Crippen molar-refractivity contribution in [2.45, 2.75) is 18.9 Å². The van der Waals surface area contributed by atoms with E-state index in [0.29, 0.717) is 5.69 Å². The lowest BCUT2D eigenvalue weighted by molar-refractivity contribution is -0.117. The summed E-state index contributed by atoms with van der Waals surface area (Å²) in [5.74, 6) is -1.06. The summed E-state index contributed by atoms with van der Waals surface area (Å²) in [5.41, 5.74) is 7.04. The van der Waals surface area contributed by atoms with Crippen molar-refractivity contribution in [3.63, 3.8) is 0 Å². The van der Waals surface area contributed by atoms with Crippen LogP contribution in [-0.4, -0.2) is 29.8 Å². The second kappa shape index (κ2) is 7.44. The summed E-state index contributed by atoms with van der Waals surface area (Å²) in [6, 6.07) is 13.2. The van der Waals surface area contributed by atoms with Crippen LogP contribution in [0.3, 0.4) is 0 Å². The minimum atomic E-state index is -0.582. The van der Waals surface area contributed by atoms with E-state index >= 15 is 0 Å². The third-order valence-corrected chi connectivity index (χ3v) is 4.43. The Morgan fingerprint density at radius 2 is 1.88 bits per heavy atom. The van der Waals surface area contributed by atoms with Gasteiger partial charge >= 0.3 is 0 Å². The van der Waals surface area contributed by atoms with Crippen LogP contribution in [0, 0.1) is 5.82 Å². The molecule has 3 rings (SSSR count). The van der Waals surface area contributed by atoms with E-state index in [1.165, 1.54) is 12.1 Å². The van der Waals surface area contributed by atoms with Crippen molar-refractivity contribution in [3.05, 3.63) is 65.5 Å². The van der Waals surface area contributed by atoms with E-state index < -0.39 is 5.91 Å². The largest absolute Gasteiger partial charge is 0.366 e. The van der Waals surface area contributed by atoms with Crippen LogP contribution in [0.4, 0.5) is 10.1 Å². The Balaban J connectivity index is 1.68. The molecule has 1 saturated heterocycles. The molecule has 0 unspecified atom stereocenters. The molecule has 0 spiro atoms. The van der Waals surface area contributed by atoms with E-state index in [1.54, 1.807) is 36.4 Å². The quantitative estimate of drug-likeness (QED) is 0.878. The summed E-state index contributed by atoms with van der Waals surface area (Å²) in [6.07, 6.45) is 1.91. The highest BCUT2D eigenvalue weighted by molar-refractivity contribution is 6.03.